The van der Waals surface area contributed by atoms with E-state index in [2.05, 4.69) is 33.4 Å². The van der Waals surface area contributed by atoms with E-state index in [1.165, 1.54) is 0 Å². The highest BCUT2D eigenvalue weighted by Crippen LogP contribution is 2.17. The van der Waals surface area contributed by atoms with Crippen molar-refractivity contribution in [2.45, 2.75) is 38.8 Å². The van der Waals surface area contributed by atoms with E-state index in [0.29, 0.717) is 11.6 Å². The molecule has 102 valence electrons. The maximum atomic E-state index is 8.76. The summed E-state index contributed by atoms with van der Waals surface area (Å²) in [6, 6.07) is 5.98. The number of nitrogens with zero attached hydrogens (tertiary/aromatic N) is 5. The minimum absolute atomic E-state index is 0.300. The molecule has 0 aliphatic carbocycles. The molecule has 6 heteroatoms. The van der Waals surface area contributed by atoms with Crippen molar-refractivity contribution in [1.29, 1.82) is 5.26 Å². The Balaban J connectivity index is 1.69. The van der Waals surface area contributed by atoms with Gasteiger partial charge in [0.15, 0.2) is 5.82 Å². The van der Waals surface area contributed by atoms with Crippen LogP contribution in [0.5, 0.6) is 0 Å². The Morgan fingerprint density at radius 3 is 3.10 bits per heavy atom. The predicted molar refractivity (Wildman–Crippen MR) is 74.1 cm³/mol. The molecule has 2 aromatic heterocycles. The number of nitrogens with one attached hydrogen (secondary N) is 1. The lowest BCUT2D eigenvalue weighted by atomic mass is 10.1. The van der Waals surface area contributed by atoms with Gasteiger partial charge in [-0.05, 0) is 18.6 Å². The summed E-state index contributed by atoms with van der Waals surface area (Å²) in [4.78, 5) is 8.75. The van der Waals surface area contributed by atoms with E-state index in [1.807, 2.05) is 10.7 Å². The van der Waals surface area contributed by atoms with Crippen LogP contribution in [0.2, 0.25) is 0 Å². The lowest BCUT2D eigenvalue weighted by Gasteiger charge is -2.23. The first-order valence-electron chi connectivity index (χ1n) is 6.83. The molecule has 3 heterocycles. The molecular weight excluding hydrogens is 252 g/mol. The number of aromatic nitrogens is 4. The van der Waals surface area contributed by atoms with E-state index in [4.69, 9.17) is 5.26 Å². The van der Waals surface area contributed by atoms with Crippen LogP contribution in [0, 0.1) is 11.3 Å². The number of hydrogen-bond acceptors (Lipinski definition) is 5. The number of fused-ring (bicyclic) bond motifs is 1. The van der Waals surface area contributed by atoms with E-state index in [9.17, 15) is 0 Å². The third-order valence-electron chi connectivity index (χ3n) is 3.46. The number of pyridine rings is 1. The minimum atomic E-state index is 0.300. The van der Waals surface area contributed by atoms with Gasteiger partial charge in [0.05, 0.1) is 12.1 Å². The molecule has 0 aromatic carbocycles. The summed E-state index contributed by atoms with van der Waals surface area (Å²) in [5.74, 6) is 2.79. The molecular formula is C14H16N6. The summed E-state index contributed by atoms with van der Waals surface area (Å²) in [7, 11) is 0. The fraction of sp³-hybridized carbons (Fsp3) is 0.429. The molecule has 0 fully saturated rings. The first-order chi connectivity index (χ1) is 9.78. The highest BCUT2D eigenvalue weighted by molar-refractivity contribution is 5.39. The first-order valence-corrected chi connectivity index (χ1v) is 6.83. The molecule has 1 aliphatic heterocycles. The highest BCUT2D eigenvalue weighted by atomic mass is 15.4. The first kappa shape index (κ1) is 12.6. The second-order valence-electron chi connectivity index (χ2n) is 4.90. The van der Waals surface area contributed by atoms with Gasteiger partial charge in [0.2, 0.25) is 0 Å². The Labute approximate surface area is 117 Å². The molecule has 1 N–H and O–H groups in total. The summed E-state index contributed by atoms with van der Waals surface area (Å²) in [5.41, 5.74) is 0.574. The highest BCUT2D eigenvalue weighted by Gasteiger charge is 2.21. The van der Waals surface area contributed by atoms with Gasteiger partial charge in [0, 0.05) is 25.1 Å². The van der Waals surface area contributed by atoms with Crippen molar-refractivity contribution in [2.75, 3.05) is 5.32 Å². The van der Waals surface area contributed by atoms with Crippen molar-refractivity contribution in [2.24, 2.45) is 0 Å². The molecule has 0 spiro atoms. The van der Waals surface area contributed by atoms with Gasteiger partial charge in [0.1, 0.15) is 17.7 Å². The summed E-state index contributed by atoms with van der Waals surface area (Å²) < 4.78 is 1.99. The van der Waals surface area contributed by atoms with Crippen LogP contribution in [-0.2, 0) is 19.4 Å². The molecule has 20 heavy (non-hydrogen) atoms. The summed E-state index contributed by atoms with van der Waals surface area (Å²) in [6.45, 7) is 2.88. The topological polar surface area (TPSA) is 79.4 Å². The second kappa shape index (κ2) is 5.29. The Bertz CT molecular complexity index is 637. The standard InChI is InChI=1S/C14H16N6/c1-2-12-18-14-6-4-11(9-20(14)19-12)17-13-5-3-10(7-15)8-16-13/h3,5,8,11H,2,4,6,9H2,1H3,(H,16,17). The normalized spacial score (nSPS) is 17.3. The number of aryl methyl sites for hydroxylation is 2. The number of anilines is 1. The number of hydrogen-bond donors (Lipinski definition) is 1. The van der Waals surface area contributed by atoms with Crippen molar-refractivity contribution < 1.29 is 0 Å². The molecule has 6 nitrogen and oxygen atoms in total. The van der Waals surface area contributed by atoms with Crippen LogP contribution < -0.4 is 5.32 Å². The van der Waals surface area contributed by atoms with Gasteiger partial charge < -0.3 is 5.32 Å². The van der Waals surface area contributed by atoms with E-state index in [-0.39, 0.29) is 0 Å². The van der Waals surface area contributed by atoms with E-state index in [0.717, 1.165) is 43.3 Å². The molecule has 1 aliphatic rings. The van der Waals surface area contributed by atoms with Crippen LogP contribution in [0.1, 0.15) is 30.6 Å². The molecule has 0 saturated heterocycles. The maximum Gasteiger partial charge on any atom is 0.150 e. The van der Waals surface area contributed by atoms with Crippen molar-refractivity contribution in [3.8, 4) is 6.07 Å². The van der Waals surface area contributed by atoms with Gasteiger partial charge in [-0.15, -0.1) is 0 Å². The smallest absolute Gasteiger partial charge is 0.150 e. The van der Waals surface area contributed by atoms with Crippen molar-refractivity contribution in [1.82, 2.24) is 19.7 Å². The average molecular weight is 268 g/mol. The van der Waals surface area contributed by atoms with Crippen LogP contribution in [0.15, 0.2) is 18.3 Å². The lowest BCUT2D eigenvalue weighted by molar-refractivity contribution is 0.440. The SMILES string of the molecule is CCc1nc2n(n1)CC(Nc1ccc(C#N)cn1)CC2. The van der Waals surface area contributed by atoms with E-state index in [1.54, 1.807) is 12.3 Å². The Morgan fingerprint density at radius 2 is 2.40 bits per heavy atom. The average Bonchev–Trinajstić information content (AvgIpc) is 2.90. The van der Waals surface area contributed by atoms with Crippen LogP contribution in [-0.4, -0.2) is 25.8 Å². The minimum Gasteiger partial charge on any atom is -0.365 e. The van der Waals surface area contributed by atoms with Gasteiger partial charge >= 0.3 is 0 Å². The predicted octanol–water partition coefficient (Wildman–Crippen LogP) is 1.53. The molecule has 2 aromatic rings. The fourth-order valence-electron chi connectivity index (χ4n) is 2.38. The van der Waals surface area contributed by atoms with Gasteiger partial charge in [-0.25, -0.2) is 14.6 Å². The van der Waals surface area contributed by atoms with Gasteiger partial charge in [0.25, 0.3) is 0 Å². The quantitative estimate of drug-likeness (QED) is 0.913. The van der Waals surface area contributed by atoms with Crippen LogP contribution >= 0.6 is 0 Å². The molecule has 3 rings (SSSR count). The van der Waals surface area contributed by atoms with E-state index < -0.39 is 0 Å². The van der Waals surface area contributed by atoms with Gasteiger partial charge in [-0.1, -0.05) is 6.92 Å². The molecule has 0 saturated carbocycles. The van der Waals surface area contributed by atoms with Crippen LogP contribution in [0.4, 0.5) is 5.82 Å². The maximum absolute atomic E-state index is 8.76. The zero-order valence-corrected chi connectivity index (χ0v) is 11.4. The number of rotatable bonds is 3. The zero-order chi connectivity index (χ0) is 13.9. The molecule has 0 radical (unpaired) electrons. The third kappa shape index (κ3) is 2.48. The Morgan fingerprint density at radius 1 is 1.50 bits per heavy atom. The lowest BCUT2D eigenvalue weighted by Crippen LogP contribution is -2.32. The second-order valence-corrected chi connectivity index (χ2v) is 4.90. The zero-order valence-electron chi connectivity index (χ0n) is 11.4. The van der Waals surface area contributed by atoms with Crippen molar-refractivity contribution in [3.63, 3.8) is 0 Å². The summed E-state index contributed by atoms with van der Waals surface area (Å²) in [6.07, 6.45) is 4.40. The Hall–Kier alpha value is -2.42. The monoisotopic (exact) mass is 268 g/mol. The molecule has 1 unspecified atom stereocenters. The van der Waals surface area contributed by atoms with E-state index >= 15 is 0 Å². The van der Waals surface area contributed by atoms with Gasteiger partial charge in [-0.2, -0.15) is 10.4 Å². The number of nitriles is 1. The summed E-state index contributed by atoms with van der Waals surface area (Å²) in [5, 5.41) is 16.6. The summed E-state index contributed by atoms with van der Waals surface area (Å²) >= 11 is 0. The molecule has 0 amide bonds. The molecule has 0 bridgehead atoms. The van der Waals surface area contributed by atoms with Crippen molar-refractivity contribution in [3.05, 3.63) is 35.5 Å². The third-order valence-corrected chi connectivity index (χ3v) is 3.46. The van der Waals surface area contributed by atoms with Gasteiger partial charge in [-0.3, -0.25) is 0 Å². The van der Waals surface area contributed by atoms with Crippen molar-refractivity contribution >= 4 is 5.82 Å². The molecule has 1 atom stereocenters. The van der Waals surface area contributed by atoms with Crippen LogP contribution in [0.25, 0.3) is 0 Å². The van der Waals surface area contributed by atoms with Crippen LogP contribution in [0.3, 0.4) is 0 Å². The Kier molecular flexibility index (Phi) is 3.33. The largest absolute Gasteiger partial charge is 0.365 e. The fourth-order valence-corrected chi connectivity index (χ4v) is 2.38.